The maximum absolute atomic E-state index is 12.1. The summed E-state index contributed by atoms with van der Waals surface area (Å²) >= 11 is 3.34. The highest BCUT2D eigenvalue weighted by molar-refractivity contribution is 9.10. The van der Waals surface area contributed by atoms with Crippen LogP contribution >= 0.6 is 15.9 Å². The summed E-state index contributed by atoms with van der Waals surface area (Å²) in [6, 6.07) is 11.8. The minimum atomic E-state index is -3.83. The largest absolute Gasteiger partial charge is 0.448 e. The van der Waals surface area contributed by atoms with E-state index in [0.29, 0.717) is 11.5 Å². The van der Waals surface area contributed by atoms with E-state index in [1.54, 1.807) is 24.3 Å². The fourth-order valence-electron chi connectivity index (χ4n) is 1.98. The predicted molar refractivity (Wildman–Crippen MR) is 83.5 cm³/mol. The van der Waals surface area contributed by atoms with Gasteiger partial charge in [-0.25, -0.2) is 0 Å². The van der Waals surface area contributed by atoms with Gasteiger partial charge in [0.15, 0.2) is 11.5 Å². The molecule has 0 N–H and O–H groups in total. The van der Waals surface area contributed by atoms with Crippen LogP contribution in [0.5, 0.6) is 11.5 Å². The molecule has 0 aromatic heterocycles. The van der Waals surface area contributed by atoms with Gasteiger partial charge in [-0.1, -0.05) is 23.8 Å². The van der Waals surface area contributed by atoms with Crippen molar-refractivity contribution in [1.82, 2.24) is 0 Å². The fourth-order valence-corrected chi connectivity index (χ4v) is 3.32. The van der Waals surface area contributed by atoms with Crippen molar-refractivity contribution in [2.75, 3.05) is 6.61 Å². The maximum Gasteiger partial charge on any atom is 0.297 e. The van der Waals surface area contributed by atoms with Crippen molar-refractivity contribution in [3.05, 3.63) is 52.5 Å². The van der Waals surface area contributed by atoms with Crippen LogP contribution in [0.1, 0.15) is 5.56 Å². The molecule has 1 aliphatic rings. The summed E-state index contributed by atoms with van der Waals surface area (Å²) < 4.78 is 41.0. The molecule has 0 radical (unpaired) electrons. The van der Waals surface area contributed by atoms with Gasteiger partial charge in [-0.15, -0.1) is 0 Å². The zero-order valence-corrected chi connectivity index (χ0v) is 14.1. The number of rotatable bonds is 4. The Morgan fingerprint density at radius 1 is 1.14 bits per heavy atom. The molecule has 0 saturated heterocycles. The SMILES string of the molecule is Cc1ccc(S(=O)(=O)OCC2Oc3cccc(Br)c3O2)cc1. The molecule has 1 atom stereocenters. The molecular formula is C15H13BrO5S. The molecule has 7 heteroatoms. The lowest BCUT2D eigenvalue weighted by Crippen LogP contribution is -2.26. The first kappa shape index (κ1) is 15.3. The average molecular weight is 385 g/mol. The van der Waals surface area contributed by atoms with E-state index >= 15 is 0 Å². The minimum Gasteiger partial charge on any atom is -0.448 e. The third kappa shape index (κ3) is 3.11. The third-order valence-corrected chi connectivity index (χ3v) is 5.03. The summed E-state index contributed by atoms with van der Waals surface area (Å²) in [7, 11) is -3.83. The number of hydrogen-bond acceptors (Lipinski definition) is 5. The van der Waals surface area contributed by atoms with Gasteiger partial charge >= 0.3 is 0 Å². The second-order valence-corrected chi connectivity index (χ2v) is 7.25. The molecular weight excluding hydrogens is 372 g/mol. The van der Waals surface area contributed by atoms with E-state index in [1.807, 2.05) is 13.0 Å². The van der Waals surface area contributed by atoms with Crippen LogP contribution in [0.2, 0.25) is 0 Å². The van der Waals surface area contributed by atoms with Crippen molar-refractivity contribution in [3.8, 4) is 11.5 Å². The smallest absolute Gasteiger partial charge is 0.297 e. The van der Waals surface area contributed by atoms with Crippen molar-refractivity contribution in [3.63, 3.8) is 0 Å². The number of halogens is 1. The monoisotopic (exact) mass is 384 g/mol. The number of aryl methyl sites for hydroxylation is 1. The molecule has 3 rings (SSSR count). The fraction of sp³-hybridized carbons (Fsp3) is 0.200. The first-order valence-electron chi connectivity index (χ1n) is 6.54. The van der Waals surface area contributed by atoms with Crippen LogP contribution in [-0.2, 0) is 14.3 Å². The highest BCUT2D eigenvalue weighted by Gasteiger charge is 2.28. The van der Waals surface area contributed by atoms with E-state index < -0.39 is 16.4 Å². The summed E-state index contributed by atoms with van der Waals surface area (Å²) in [6.07, 6.45) is -0.797. The normalized spacial score (nSPS) is 16.7. The number of benzene rings is 2. The van der Waals surface area contributed by atoms with E-state index in [1.165, 1.54) is 12.1 Å². The molecule has 116 valence electrons. The summed E-state index contributed by atoms with van der Waals surface area (Å²) in [5.41, 5.74) is 0.974. The summed E-state index contributed by atoms with van der Waals surface area (Å²) in [5, 5.41) is 0. The van der Waals surface area contributed by atoms with Gasteiger partial charge in [0.1, 0.15) is 6.61 Å². The Labute approximate surface area is 137 Å². The van der Waals surface area contributed by atoms with Gasteiger partial charge in [0.2, 0.25) is 0 Å². The van der Waals surface area contributed by atoms with Crippen LogP contribution in [0.3, 0.4) is 0 Å². The van der Waals surface area contributed by atoms with Gasteiger partial charge in [0, 0.05) is 0 Å². The number of hydrogen-bond donors (Lipinski definition) is 0. The zero-order valence-electron chi connectivity index (χ0n) is 11.7. The lowest BCUT2D eigenvalue weighted by atomic mass is 10.2. The van der Waals surface area contributed by atoms with Crippen LogP contribution in [0.4, 0.5) is 0 Å². The Kier molecular flexibility index (Phi) is 4.12. The van der Waals surface area contributed by atoms with E-state index in [4.69, 9.17) is 13.7 Å². The van der Waals surface area contributed by atoms with Gasteiger partial charge in [-0.05, 0) is 47.1 Å². The van der Waals surface area contributed by atoms with E-state index in [0.717, 1.165) is 10.0 Å². The van der Waals surface area contributed by atoms with Gasteiger partial charge in [-0.2, -0.15) is 8.42 Å². The maximum atomic E-state index is 12.1. The molecule has 2 aromatic carbocycles. The molecule has 0 saturated carbocycles. The second-order valence-electron chi connectivity index (χ2n) is 4.78. The van der Waals surface area contributed by atoms with Gasteiger partial charge < -0.3 is 9.47 Å². The first-order valence-corrected chi connectivity index (χ1v) is 8.74. The van der Waals surface area contributed by atoms with Crippen molar-refractivity contribution in [1.29, 1.82) is 0 Å². The molecule has 2 aromatic rings. The number of para-hydroxylation sites is 1. The molecule has 1 aliphatic heterocycles. The van der Waals surface area contributed by atoms with Crippen LogP contribution in [-0.4, -0.2) is 21.3 Å². The van der Waals surface area contributed by atoms with Crippen molar-refractivity contribution in [2.24, 2.45) is 0 Å². The Morgan fingerprint density at radius 3 is 2.55 bits per heavy atom. The van der Waals surface area contributed by atoms with Crippen LogP contribution in [0.25, 0.3) is 0 Å². The van der Waals surface area contributed by atoms with Crippen molar-refractivity contribution >= 4 is 26.0 Å². The highest BCUT2D eigenvalue weighted by Crippen LogP contribution is 2.40. The molecule has 5 nitrogen and oxygen atoms in total. The molecule has 0 amide bonds. The minimum absolute atomic E-state index is 0.106. The molecule has 22 heavy (non-hydrogen) atoms. The summed E-state index contributed by atoms with van der Waals surface area (Å²) in [4.78, 5) is 0.106. The zero-order chi connectivity index (χ0) is 15.7. The Bertz CT molecular complexity index is 786. The van der Waals surface area contributed by atoms with E-state index in [9.17, 15) is 8.42 Å². The average Bonchev–Trinajstić information content (AvgIpc) is 2.90. The molecule has 0 aliphatic carbocycles. The van der Waals surface area contributed by atoms with Crippen LogP contribution < -0.4 is 9.47 Å². The van der Waals surface area contributed by atoms with Gasteiger partial charge in [-0.3, -0.25) is 4.18 Å². The standard InChI is InChI=1S/C15H13BrO5S/c1-10-5-7-11(8-6-10)22(17,18)19-9-14-20-13-4-2-3-12(16)15(13)21-14/h2-8,14H,9H2,1H3. The Hall–Kier alpha value is -1.57. The second kappa shape index (κ2) is 5.91. The Balaban J connectivity index is 1.67. The lowest BCUT2D eigenvalue weighted by molar-refractivity contribution is 0.00944. The number of ether oxygens (including phenoxy) is 2. The lowest BCUT2D eigenvalue weighted by Gasteiger charge is -2.11. The van der Waals surface area contributed by atoms with Crippen LogP contribution in [0, 0.1) is 6.92 Å². The topological polar surface area (TPSA) is 61.8 Å². The Morgan fingerprint density at radius 2 is 1.86 bits per heavy atom. The predicted octanol–water partition coefficient (Wildman–Crippen LogP) is 3.26. The van der Waals surface area contributed by atoms with E-state index in [2.05, 4.69) is 15.9 Å². The van der Waals surface area contributed by atoms with Crippen LogP contribution in [0.15, 0.2) is 51.8 Å². The van der Waals surface area contributed by atoms with Gasteiger partial charge in [0.25, 0.3) is 16.4 Å². The van der Waals surface area contributed by atoms with Gasteiger partial charge in [0.05, 0.1) is 9.37 Å². The van der Waals surface area contributed by atoms with Crippen molar-refractivity contribution < 1.29 is 22.1 Å². The quantitative estimate of drug-likeness (QED) is 0.757. The molecule has 0 bridgehead atoms. The van der Waals surface area contributed by atoms with Crippen molar-refractivity contribution in [2.45, 2.75) is 18.1 Å². The van der Waals surface area contributed by atoms with E-state index in [-0.39, 0.29) is 11.5 Å². The summed E-state index contributed by atoms with van der Waals surface area (Å²) in [5.74, 6) is 1.10. The summed E-state index contributed by atoms with van der Waals surface area (Å²) in [6.45, 7) is 1.66. The molecule has 1 unspecified atom stereocenters. The molecule has 0 spiro atoms. The third-order valence-electron chi connectivity index (χ3n) is 3.11. The molecule has 0 fully saturated rings. The number of fused-ring (bicyclic) bond motifs is 1. The molecule has 1 heterocycles. The highest BCUT2D eigenvalue weighted by atomic mass is 79.9. The first-order chi connectivity index (χ1) is 10.5.